The van der Waals surface area contributed by atoms with Crippen molar-refractivity contribution in [1.29, 1.82) is 0 Å². The van der Waals surface area contributed by atoms with Gasteiger partial charge in [0.05, 0.1) is 10.6 Å². The Morgan fingerprint density at radius 3 is 2.63 bits per heavy atom. The van der Waals surface area contributed by atoms with Crippen LogP contribution in [0.1, 0.15) is 26.2 Å². The van der Waals surface area contributed by atoms with Gasteiger partial charge in [0.25, 0.3) is 0 Å². The number of hydrogen-bond donors (Lipinski definition) is 2. The van der Waals surface area contributed by atoms with E-state index in [0.717, 1.165) is 25.2 Å². The molecular formula is C14H22N2O2S. The summed E-state index contributed by atoms with van der Waals surface area (Å²) in [7, 11) is -3.09. The number of rotatable bonds is 6. The van der Waals surface area contributed by atoms with E-state index in [0.29, 0.717) is 10.9 Å². The van der Waals surface area contributed by atoms with Gasteiger partial charge in [-0.15, -0.1) is 0 Å². The molecule has 106 valence electrons. The molecule has 2 rings (SSSR count). The lowest BCUT2D eigenvalue weighted by Crippen LogP contribution is -2.24. The van der Waals surface area contributed by atoms with Crippen molar-refractivity contribution in [1.82, 2.24) is 5.32 Å². The molecule has 1 atom stereocenters. The zero-order chi connectivity index (χ0) is 13.7. The second kappa shape index (κ2) is 6.39. The molecule has 0 aromatic heterocycles. The van der Waals surface area contributed by atoms with Crippen molar-refractivity contribution in [3.05, 3.63) is 24.3 Å². The lowest BCUT2D eigenvalue weighted by Gasteiger charge is -2.12. The van der Waals surface area contributed by atoms with Crippen LogP contribution in [0.25, 0.3) is 0 Å². The summed E-state index contributed by atoms with van der Waals surface area (Å²) in [6.07, 6.45) is 3.64. The minimum Gasteiger partial charge on any atom is -0.385 e. The lowest BCUT2D eigenvalue weighted by molar-refractivity contribution is 0.574. The second-order valence-corrected chi connectivity index (χ2v) is 7.21. The standard InChI is InChI=1S/C14H22N2O2S/c1-2-19(17,18)14-7-5-13(6-8-14)16-11-9-12-4-3-10-15-12/h5-8,12,15-16H,2-4,9-11H2,1H3. The summed E-state index contributed by atoms with van der Waals surface area (Å²) in [5.74, 6) is 0.146. The SMILES string of the molecule is CCS(=O)(=O)c1ccc(NCCC2CCCN2)cc1. The molecule has 1 saturated heterocycles. The Balaban J connectivity index is 1.85. The van der Waals surface area contributed by atoms with Crippen LogP contribution in [0, 0.1) is 0 Å². The highest BCUT2D eigenvalue weighted by molar-refractivity contribution is 7.91. The molecule has 0 amide bonds. The van der Waals surface area contributed by atoms with Crippen molar-refractivity contribution in [2.45, 2.75) is 37.1 Å². The summed E-state index contributed by atoms with van der Waals surface area (Å²) < 4.78 is 23.3. The van der Waals surface area contributed by atoms with Crippen molar-refractivity contribution < 1.29 is 8.42 Å². The number of benzene rings is 1. The van der Waals surface area contributed by atoms with Gasteiger partial charge < -0.3 is 10.6 Å². The monoisotopic (exact) mass is 282 g/mol. The summed E-state index contributed by atoms with van der Waals surface area (Å²) in [5.41, 5.74) is 0.980. The van der Waals surface area contributed by atoms with Gasteiger partial charge in [-0.3, -0.25) is 0 Å². The minimum atomic E-state index is -3.09. The molecule has 0 aliphatic carbocycles. The Kier molecular flexibility index (Phi) is 4.82. The van der Waals surface area contributed by atoms with Crippen LogP contribution in [-0.2, 0) is 9.84 Å². The van der Waals surface area contributed by atoms with Gasteiger partial charge in [0.2, 0.25) is 0 Å². The van der Waals surface area contributed by atoms with Gasteiger partial charge in [-0.05, 0) is 50.1 Å². The molecule has 1 heterocycles. The topological polar surface area (TPSA) is 58.2 Å². The first kappa shape index (κ1) is 14.3. The molecule has 1 fully saturated rings. The predicted octanol–water partition coefficient (Wildman–Crippen LogP) is 2.03. The van der Waals surface area contributed by atoms with E-state index in [-0.39, 0.29) is 5.75 Å². The fourth-order valence-electron chi connectivity index (χ4n) is 2.34. The first-order chi connectivity index (χ1) is 9.12. The maximum absolute atomic E-state index is 11.7. The van der Waals surface area contributed by atoms with Crippen molar-refractivity contribution in [2.75, 3.05) is 24.2 Å². The Morgan fingerprint density at radius 1 is 1.32 bits per heavy atom. The van der Waals surface area contributed by atoms with E-state index in [1.165, 1.54) is 12.8 Å². The fourth-order valence-corrected chi connectivity index (χ4v) is 3.22. The molecule has 1 aromatic carbocycles. The van der Waals surface area contributed by atoms with Gasteiger partial charge in [0.1, 0.15) is 0 Å². The van der Waals surface area contributed by atoms with Crippen molar-refractivity contribution in [3.63, 3.8) is 0 Å². The van der Waals surface area contributed by atoms with Gasteiger partial charge in [0.15, 0.2) is 9.84 Å². The van der Waals surface area contributed by atoms with Gasteiger partial charge in [-0.1, -0.05) is 6.92 Å². The van der Waals surface area contributed by atoms with Gasteiger partial charge >= 0.3 is 0 Å². The van der Waals surface area contributed by atoms with E-state index in [1.807, 2.05) is 12.1 Å². The third-order valence-electron chi connectivity index (χ3n) is 3.58. The van der Waals surface area contributed by atoms with Gasteiger partial charge in [-0.2, -0.15) is 0 Å². The van der Waals surface area contributed by atoms with Crippen LogP contribution in [0.3, 0.4) is 0 Å². The Morgan fingerprint density at radius 2 is 2.05 bits per heavy atom. The van der Waals surface area contributed by atoms with E-state index < -0.39 is 9.84 Å². The van der Waals surface area contributed by atoms with E-state index in [4.69, 9.17) is 0 Å². The zero-order valence-electron chi connectivity index (χ0n) is 11.4. The van der Waals surface area contributed by atoms with Gasteiger partial charge in [-0.25, -0.2) is 8.42 Å². The highest BCUT2D eigenvalue weighted by atomic mass is 32.2. The quantitative estimate of drug-likeness (QED) is 0.838. The van der Waals surface area contributed by atoms with Crippen LogP contribution in [-0.4, -0.2) is 33.3 Å². The normalized spacial score (nSPS) is 19.5. The van der Waals surface area contributed by atoms with Crippen LogP contribution >= 0.6 is 0 Å². The molecule has 2 N–H and O–H groups in total. The van der Waals surface area contributed by atoms with Crippen LogP contribution in [0.4, 0.5) is 5.69 Å². The number of nitrogens with one attached hydrogen (secondary N) is 2. The summed E-state index contributed by atoms with van der Waals surface area (Å²) in [6.45, 7) is 3.71. The predicted molar refractivity (Wildman–Crippen MR) is 78.3 cm³/mol. The highest BCUT2D eigenvalue weighted by Gasteiger charge is 2.13. The average molecular weight is 282 g/mol. The molecule has 0 saturated carbocycles. The minimum absolute atomic E-state index is 0.146. The Hall–Kier alpha value is -1.07. The maximum Gasteiger partial charge on any atom is 0.178 e. The van der Waals surface area contributed by atoms with Crippen molar-refractivity contribution in [2.24, 2.45) is 0 Å². The summed E-state index contributed by atoms with van der Waals surface area (Å²) in [4.78, 5) is 0.401. The summed E-state index contributed by atoms with van der Waals surface area (Å²) in [6, 6.07) is 7.66. The van der Waals surface area contributed by atoms with Crippen LogP contribution in [0.5, 0.6) is 0 Å². The third kappa shape index (κ3) is 3.94. The number of hydrogen-bond acceptors (Lipinski definition) is 4. The molecule has 1 unspecified atom stereocenters. The molecule has 0 spiro atoms. The number of anilines is 1. The molecule has 0 radical (unpaired) electrons. The van der Waals surface area contributed by atoms with Crippen LogP contribution < -0.4 is 10.6 Å². The smallest absolute Gasteiger partial charge is 0.178 e. The lowest BCUT2D eigenvalue weighted by atomic mass is 10.1. The van der Waals surface area contributed by atoms with Crippen LogP contribution in [0.2, 0.25) is 0 Å². The molecular weight excluding hydrogens is 260 g/mol. The largest absolute Gasteiger partial charge is 0.385 e. The molecule has 1 aromatic rings. The maximum atomic E-state index is 11.7. The number of sulfone groups is 1. The van der Waals surface area contributed by atoms with Crippen LogP contribution in [0.15, 0.2) is 29.2 Å². The molecule has 5 heteroatoms. The van der Waals surface area contributed by atoms with E-state index >= 15 is 0 Å². The van der Waals surface area contributed by atoms with E-state index in [2.05, 4.69) is 10.6 Å². The van der Waals surface area contributed by atoms with Gasteiger partial charge in [0, 0.05) is 18.3 Å². The first-order valence-electron chi connectivity index (χ1n) is 6.92. The zero-order valence-corrected chi connectivity index (χ0v) is 12.2. The molecule has 0 bridgehead atoms. The third-order valence-corrected chi connectivity index (χ3v) is 5.33. The first-order valence-corrected chi connectivity index (χ1v) is 8.57. The van der Waals surface area contributed by atoms with Crippen molar-refractivity contribution in [3.8, 4) is 0 Å². The molecule has 4 nitrogen and oxygen atoms in total. The second-order valence-electron chi connectivity index (χ2n) is 4.94. The Labute approximate surface area is 115 Å². The summed E-state index contributed by atoms with van der Waals surface area (Å²) in [5, 5.41) is 6.79. The molecule has 1 aliphatic rings. The van der Waals surface area contributed by atoms with Crippen molar-refractivity contribution >= 4 is 15.5 Å². The molecule has 19 heavy (non-hydrogen) atoms. The highest BCUT2D eigenvalue weighted by Crippen LogP contribution is 2.16. The van der Waals surface area contributed by atoms with E-state index in [1.54, 1.807) is 19.1 Å². The fraction of sp³-hybridized carbons (Fsp3) is 0.571. The average Bonchev–Trinajstić information content (AvgIpc) is 2.92. The van der Waals surface area contributed by atoms with E-state index in [9.17, 15) is 8.42 Å². The summed E-state index contributed by atoms with van der Waals surface area (Å²) >= 11 is 0. The Bertz CT molecular complexity index is 491. The molecule has 1 aliphatic heterocycles.